The molecule has 8 heteroatoms. The highest BCUT2D eigenvalue weighted by atomic mass is 32.2. The number of amides is 1. The Balaban J connectivity index is 1.49. The number of non-ortho nitro benzene ring substituents is 1. The van der Waals surface area contributed by atoms with E-state index in [1.54, 1.807) is 17.8 Å². The maximum Gasteiger partial charge on any atom is 0.270 e. The zero-order valence-corrected chi connectivity index (χ0v) is 15.7. The van der Waals surface area contributed by atoms with Crippen LogP contribution in [-0.4, -0.2) is 21.6 Å². The van der Waals surface area contributed by atoms with E-state index in [0.29, 0.717) is 21.8 Å². The number of rotatable bonds is 7. The second-order valence-corrected chi connectivity index (χ2v) is 7.94. The number of nitrogens with one attached hydrogen (secondary N) is 1. The highest BCUT2D eigenvalue weighted by Crippen LogP contribution is 2.29. The molecule has 6 nitrogen and oxygen atoms in total. The molecule has 0 bridgehead atoms. The van der Waals surface area contributed by atoms with Crippen LogP contribution in [0.5, 0.6) is 0 Å². The predicted octanol–water partition coefficient (Wildman–Crippen LogP) is 5.02. The topological polar surface area (TPSA) is 85.1 Å². The van der Waals surface area contributed by atoms with Crippen molar-refractivity contribution >= 4 is 50.0 Å². The number of fused-ring (bicyclic) bond motifs is 1. The molecule has 1 amide bonds. The standard InChI is InChI=1S/C18H17N3O3S2/c1-12-4-7-14(8-5-12)25-10-2-3-17(22)20-18-19-15-9-6-13(21(23)24)11-16(15)26-18/h4-9,11H,2-3,10H2,1H3,(H,19,20,22). The minimum absolute atomic E-state index is 0.0205. The number of aromatic nitrogens is 1. The summed E-state index contributed by atoms with van der Waals surface area (Å²) in [5, 5.41) is 14.1. The van der Waals surface area contributed by atoms with Crippen LogP contribution in [0.4, 0.5) is 10.8 Å². The predicted molar refractivity (Wildman–Crippen MR) is 106 cm³/mol. The van der Waals surface area contributed by atoms with Gasteiger partial charge in [-0.15, -0.1) is 11.8 Å². The summed E-state index contributed by atoms with van der Waals surface area (Å²) in [6, 6.07) is 12.8. The van der Waals surface area contributed by atoms with E-state index in [9.17, 15) is 14.9 Å². The fourth-order valence-electron chi connectivity index (χ4n) is 2.32. The summed E-state index contributed by atoms with van der Waals surface area (Å²) in [6.07, 6.45) is 1.18. The third-order valence-electron chi connectivity index (χ3n) is 3.67. The minimum Gasteiger partial charge on any atom is -0.302 e. The van der Waals surface area contributed by atoms with Crippen LogP contribution in [0.25, 0.3) is 10.2 Å². The number of nitro benzene ring substituents is 1. The van der Waals surface area contributed by atoms with Crippen molar-refractivity contribution < 1.29 is 9.72 Å². The van der Waals surface area contributed by atoms with E-state index in [1.165, 1.54) is 33.9 Å². The van der Waals surface area contributed by atoms with E-state index in [1.807, 2.05) is 0 Å². The average Bonchev–Trinajstić information content (AvgIpc) is 3.01. The summed E-state index contributed by atoms with van der Waals surface area (Å²) in [4.78, 5) is 27.9. The van der Waals surface area contributed by atoms with Gasteiger partial charge in [0.1, 0.15) is 0 Å². The number of aryl methyl sites for hydroxylation is 1. The first-order valence-electron chi connectivity index (χ1n) is 8.05. The van der Waals surface area contributed by atoms with Crippen molar-refractivity contribution in [2.24, 2.45) is 0 Å². The molecule has 0 saturated heterocycles. The van der Waals surface area contributed by atoms with Gasteiger partial charge in [0.25, 0.3) is 5.69 Å². The summed E-state index contributed by atoms with van der Waals surface area (Å²) in [5.74, 6) is 0.769. The Bertz CT molecular complexity index is 939. The Morgan fingerprint density at radius 3 is 2.77 bits per heavy atom. The number of benzene rings is 2. The third-order valence-corrected chi connectivity index (χ3v) is 5.70. The van der Waals surface area contributed by atoms with Gasteiger partial charge in [0, 0.05) is 23.4 Å². The number of carbonyl (C=O) groups is 1. The van der Waals surface area contributed by atoms with Crippen LogP contribution in [0.1, 0.15) is 18.4 Å². The molecule has 0 atom stereocenters. The van der Waals surface area contributed by atoms with Crippen molar-refractivity contribution in [2.45, 2.75) is 24.7 Å². The van der Waals surface area contributed by atoms with E-state index < -0.39 is 4.92 Å². The van der Waals surface area contributed by atoms with Crippen LogP contribution in [0.3, 0.4) is 0 Å². The lowest BCUT2D eigenvalue weighted by molar-refractivity contribution is -0.384. The third kappa shape index (κ3) is 4.80. The number of nitro groups is 1. The van der Waals surface area contributed by atoms with Gasteiger partial charge >= 0.3 is 0 Å². The number of anilines is 1. The molecule has 134 valence electrons. The number of thioether (sulfide) groups is 1. The first-order chi connectivity index (χ1) is 12.5. The van der Waals surface area contributed by atoms with Gasteiger partial charge < -0.3 is 5.32 Å². The summed E-state index contributed by atoms with van der Waals surface area (Å²) >= 11 is 2.97. The van der Waals surface area contributed by atoms with Gasteiger partial charge in [-0.2, -0.15) is 0 Å². The summed E-state index contributed by atoms with van der Waals surface area (Å²) in [7, 11) is 0. The molecule has 1 heterocycles. The molecule has 0 aliphatic carbocycles. The van der Waals surface area contributed by atoms with Crippen molar-refractivity contribution in [3.8, 4) is 0 Å². The molecule has 0 radical (unpaired) electrons. The van der Waals surface area contributed by atoms with Gasteiger partial charge in [0.15, 0.2) is 5.13 Å². The van der Waals surface area contributed by atoms with Crippen molar-refractivity contribution in [3.63, 3.8) is 0 Å². The van der Waals surface area contributed by atoms with Crippen molar-refractivity contribution in [1.29, 1.82) is 0 Å². The molecule has 3 aromatic rings. The molecule has 0 spiro atoms. The quantitative estimate of drug-likeness (QED) is 0.266. The molecule has 0 fully saturated rings. The lowest BCUT2D eigenvalue weighted by Gasteiger charge is -2.03. The largest absolute Gasteiger partial charge is 0.302 e. The molecule has 3 rings (SSSR count). The van der Waals surface area contributed by atoms with Crippen LogP contribution in [0, 0.1) is 17.0 Å². The summed E-state index contributed by atoms with van der Waals surface area (Å²) in [5.41, 5.74) is 1.90. The maximum absolute atomic E-state index is 12.1. The van der Waals surface area contributed by atoms with Crippen LogP contribution in [-0.2, 0) is 4.79 Å². The number of carbonyl (C=O) groups excluding carboxylic acids is 1. The molecule has 1 aromatic heterocycles. The minimum atomic E-state index is -0.441. The summed E-state index contributed by atoms with van der Waals surface area (Å²) < 4.78 is 0.685. The Labute approximate surface area is 158 Å². The average molecular weight is 387 g/mol. The lowest BCUT2D eigenvalue weighted by atomic mass is 10.2. The van der Waals surface area contributed by atoms with Crippen LogP contribution in [0.2, 0.25) is 0 Å². The van der Waals surface area contributed by atoms with E-state index in [-0.39, 0.29) is 11.6 Å². The number of nitrogens with zero attached hydrogens (tertiary/aromatic N) is 2. The molecule has 0 saturated carbocycles. The van der Waals surface area contributed by atoms with Crippen molar-refractivity contribution in [3.05, 3.63) is 58.1 Å². The van der Waals surface area contributed by atoms with Gasteiger partial charge in [-0.3, -0.25) is 14.9 Å². The van der Waals surface area contributed by atoms with Gasteiger partial charge in [-0.25, -0.2) is 4.98 Å². The van der Waals surface area contributed by atoms with E-state index in [0.717, 1.165) is 12.2 Å². The van der Waals surface area contributed by atoms with E-state index in [4.69, 9.17) is 0 Å². The van der Waals surface area contributed by atoms with E-state index in [2.05, 4.69) is 41.5 Å². The monoisotopic (exact) mass is 387 g/mol. The van der Waals surface area contributed by atoms with Gasteiger partial charge in [0.2, 0.25) is 5.91 Å². The smallest absolute Gasteiger partial charge is 0.270 e. The van der Waals surface area contributed by atoms with Gasteiger partial charge in [-0.1, -0.05) is 29.0 Å². The van der Waals surface area contributed by atoms with Crippen LogP contribution >= 0.6 is 23.1 Å². The van der Waals surface area contributed by atoms with E-state index >= 15 is 0 Å². The maximum atomic E-state index is 12.1. The Morgan fingerprint density at radius 2 is 2.04 bits per heavy atom. The normalized spacial score (nSPS) is 10.8. The second kappa shape index (κ2) is 8.29. The number of hydrogen-bond donors (Lipinski definition) is 1. The molecule has 0 aliphatic heterocycles. The number of thiazole rings is 1. The van der Waals surface area contributed by atoms with Gasteiger partial charge in [-0.05, 0) is 37.3 Å². The fraction of sp³-hybridized carbons (Fsp3) is 0.222. The van der Waals surface area contributed by atoms with Gasteiger partial charge in [0.05, 0.1) is 15.1 Å². The molecular weight excluding hydrogens is 370 g/mol. The second-order valence-electron chi connectivity index (χ2n) is 5.74. The highest BCUT2D eigenvalue weighted by molar-refractivity contribution is 7.99. The zero-order valence-electron chi connectivity index (χ0n) is 14.1. The summed E-state index contributed by atoms with van der Waals surface area (Å²) in [6.45, 7) is 2.05. The zero-order chi connectivity index (χ0) is 18.5. The van der Waals surface area contributed by atoms with Crippen molar-refractivity contribution in [2.75, 3.05) is 11.1 Å². The molecule has 1 N–H and O–H groups in total. The van der Waals surface area contributed by atoms with Crippen LogP contribution in [0.15, 0.2) is 47.4 Å². The molecular formula is C18H17N3O3S2. The lowest BCUT2D eigenvalue weighted by Crippen LogP contribution is -2.11. The molecule has 0 unspecified atom stereocenters. The Kier molecular flexibility index (Phi) is 5.85. The molecule has 2 aromatic carbocycles. The Hall–Kier alpha value is -2.45. The molecule has 26 heavy (non-hydrogen) atoms. The highest BCUT2D eigenvalue weighted by Gasteiger charge is 2.12. The first kappa shape index (κ1) is 18.3. The first-order valence-corrected chi connectivity index (χ1v) is 9.86. The Morgan fingerprint density at radius 1 is 1.27 bits per heavy atom. The fourth-order valence-corrected chi connectivity index (χ4v) is 4.09. The molecule has 0 aliphatic rings. The van der Waals surface area contributed by atoms with Crippen LogP contribution < -0.4 is 5.32 Å². The number of hydrogen-bond acceptors (Lipinski definition) is 6. The van der Waals surface area contributed by atoms with Crippen molar-refractivity contribution in [1.82, 2.24) is 4.98 Å². The SMILES string of the molecule is Cc1ccc(SCCCC(=O)Nc2nc3ccc([N+](=O)[O-])cc3s2)cc1.